The van der Waals surface area contributed by atoms with Gasteiger partial charge in [-0.1, -0.05) is 61.5 Å². The zero-order valence-electron chi connectivity index (χ0n) is 27.1. The zero-order chi connectivity index (χ0) is 34.9. The smallest absolute Gasteiger partial charge is 0.408 e. The molecule has 0 radical (unpaired) electrons. The molecule has 0 unspecified atom stereocenters. The Bertz CT molecular complexity index is 1540. The van der Waals surface area contributed by atoms with Gasteiger partial charge >= 0.3 is 6.09 Å². The van der Waals surface area contributed by atoms with Gasteiger partial charge in [-0.25, -0.2) is 21.6 Å². The summed E-state index contributed by atoms with van der Waals surface area (Å²) < 4.78 is 52.7. The van der Waals surface area contributed by atoms with Crippen molar-refractivity contribution in [3.05, 3.63) is 65.7 Å². The summed E-state index contributed by atoms with van der Waals surface area (Å²) in [5.74, 6) is -1.41. The number of hydrogen-bond acceptors (Lipinski definition) is 9. The molecule has 0 aliphatic carbocycles. The molecule has 4 N–H and O–H groups in total. The molecule has 2 rings (SSSR count). The lowest BCUT2D eigenvalue weighted by molar-refractivity contribution is -0.129. The Kier molecular flexibility index (Phi) is 13.7. The molecular weight excluding hydrogens is 636 g/mol. The molecule has 0 saturated heterocycles. The van der Waals surface area contributed by atoms with Crippen LogP contribution < -0.4 is 5.32 Å². The van der Waals surface area contributed by atoms with Gasteiger partial charge in [0.2, 0.25) is 15.9 Å². The van der Waals surface area contributed by atoms with E-state index in [0.717, 1.165) is 21.7 Å². The monoisotopic (exact) mass is 682 g/mol. The van der Waals surface area contributed by atoms with Gasteiger partial charge in [-0.3, -0.25) is 9.69 Å². The lowest BCUT2D eigenvalue weighted by Crippen LogP contribution is -2.60. The molecule has 0 aliphatic rings. The van der Waals surface area contributed by atoms with Gasteiger partial charge < -0.3 is 20.7 Å². The summed E-state index contributed by atoms with van der Waals surface area (Å²) in [5.41, 5.74) is 0.100. The average molecular weight is 683 g/mol. The van der Waals surface area contributed by atoms with E-state index >= 15 is 0 Å². The molecule has 46 heavy (non-hydrogen) atoms. The predicted molar refractivity (Wildman–Crippen MR) is 175 cm³/mol. The van der Waals surface area contributed by atoms with Crippen molar-refractivity contribution in [3.8, 4) is 0 Å². The highest BCUT2D eigenvalue weighted by atomic mass is 32.2. The second kappa shape index (κ2) is 16.3. The average Bonchev–Trinajstić information content (AvgIpc) is 2.93. The fourth-order valence-electron chi connectivity index (χ4n) is 4.98. The van der Waals surface area contributed by atoms with E-state index in [1.807, 2.05) is 13.8 Å². The highest BCUT2D eigenvalue weighted by Gasteiger charge is 2.39. The molecule has 0 saturated carbocycles. The first-order valence-corrected chi connectivity index (χ1v) is 18.3. The number of oxime groups is 1. The number of sulfonamides is 1. The Hall–Kier alpha value is -3.53. The van der Waals surface area contributed by atoms with E-state index in [9.17, 15) is 36.6 Å². The molecule has 2 aromatic rings. The van der Waals surface area contributed by atoms with Gasteiger partial charge in [0.05, 0.1) is 29.0 Å². The van der Waals surface area contributed by atoms with Crippen molar-refractivity contribution in [1.29, 1.82) is 0 Å². The predicted octanol–water partition coefficient (Wildman–Crippen LogP) is 2.81. The molecule has 0 spiro atoms. The molecule has 0 bridgehead atoms. The lowest BCUT2D eigenvalue weighted by Gasteiger charge is -2.39. The highest BCUT2D eigenvalue weighted by molar-refractivity contribution is 7.90. The fraction of sp³-hybridized carbons (Fsp3) is 0.516. The van der Waals surface area contributed by atoms with Crippen LogP contribution in [0.4, 0.5) is 4.79 Å². The number of carboxylic acid groups (broad SMARTS) is 1. The highest BCUT2D eigenvalue weighted by Crippen LogP contribution is 2.23. The summed E-state index contributed by atoms with van der Waals surface area (Å²) in [7, 11) is -7.71. The van der Waals surface area contributed by atoms with Crippen LogP contribution >= 0.6 is 0 Å². The first kappa shape index (κ1) is 38.7. The van der Waals surface area contributed by atoms with Crippen LogP contribution in [0.2, 0.25) is 0 Å². The summed E-state index contributed by atoms with van der Waals surface area (Å²) in [5, 5.41) is 36.1. The first-order valence-electron chi connectivity index (χ1n) is 14.8. The number of carbonyl (C=O) groups excluding carboxylic acids is 1. The third-order valence-electron chi connectivity index (χ3n) is 7.08. The van der Waals surface area contributed by atoms with E-state index in [4.69, 9.17) is 5.21 Å². The maximum Gasteiger partial charge on any atom is 0.408 e. The maximum absolute atomic E-state index is 13.8. The van der Waals surface area contributed by atoms with Crippen molar-refractivity contribution in [2.45, 2.75) is 76.1 Å². The Morgan fingerprint density at radius 1 is 0.978 bits per heavy atom. The summed E-state index contributed by atoms with van der Waals surface area (Å²) in [6, 6.07) is 12.0. The van der Waals surface area contributed by atoms with Crippen LogP contribution in [0.25, 0.3) is 0 Å². The fourth-order valence-corrected chi connectivity index (χ4v) is 7.25. The summed E-state index contributed by atoms with van der Waals surface area (Å²) in [6.45, 7) is 8.01. The van der Waals surface area contributed by atoms with E-state index in [-0.39, 0.29) is 30.2 Å². The first-order chi connectivity index (χ1) is 21.3. The van der Waals surface area contributed by atoms with Gasteiger partial charge in [-0.2, -0.15) is 4.31 Å². The minimum absolute atomic E-state index is 0.0407. The quantitative estimate of drug-likeness (QED) is 0.117. The second-order valence-electron chi connectivity index (χ2n) is 12.7. The van der Waals surface area contributed by atoms with Crippen LogP contribution in [0, 0.1) is 5.92 Å². The van der Waals surface area contributed by atoms with Crippen LogP contribution in [0.1, 0.15) is 52.2 Å². The Labute approximate surface area is 271 Å². The van der Waals surface area contributed by atoms with Crippen molar-refractivity contribution in [2.24, 2.45) is 11.1 Å². The third-order valence-corrected chi connectivity index (χ3v) is 9.90. The number of hydrogen-bond donors (Lipinski definition) is 4. The molecular formula is C31H46N4O9S2. The summed E-state index contributed by atoms with van der Waals surface area (Å²) in [4.78, 5) is 27.0. The normalized spacial score (nSPS) is 14.7. The van der Waals surface area contributed by atoms with E-state index in [0.29, 0.717) is 11.1 Å². The minimum Gasteiger partial charge on any atom is -0.465 e. The summed E-state index contributed by atoms with van der Waals surface area (Å²) in [6.07, 6.45) is -0.998. The van der Waals surface area contributed by atoms with Gasteiger partial charge in [-0.05, 0) is 62.8 Å². The van der Waals surface area contributed by atoms with Gasteiger partial charge in [0.1, 0.15) is 15.9 Å². The SMILES string of the molecule is CC(C)CN(C[C@@H](O)[C@H](Cc1ccccc1)NC(=O)[C@H](CCS(C)(=O)=O)N(C(=O)O)C(C)(C)C)S(=O)(=O)c1ccc(C=NO)cc1. The molecule has 256 valence electrons. The minimum atomic E-state index is -4.14. The number of carbonyl (C=O) groups is 2. The molecule has 3 atom stereocenters. The molecule has 2 amide bonds. The molecule has 0 fully saturated rings. The number of nitrogens with zero attached hydrogens (tertiary/aromatic N) is 3. The Balaban J connectivity index is 2.52. The number of sulfone groups is 1. The standard InChI is InChI=1S/C31H46N4O9S2/c1-22(2)20-34(46(43,44)25-14-12-24(13-15-25)19-32-40)21-28(36)26(18-23-10-8-7-9-11-23)33-29(37)27(16-17-45(6,41)42)35(30(38)39)31(3,4)5/h7-15,19,22,26-28,36,40H,16-18,20-21H2,1-6H3,(H,33,37)(H,38,39)/t26-,27-,28+/m0/s1. The van der Waals surface area contributed by atoms with E-state index < -0.39 is 67.9 Å². The molecule has 2 aromatic carbocycles. The van der Waals surface area contributed by atoms with Crippen molar-refractivity contribution >= 4 is 38.1 Å². The zero-order valence-corrected chi connectivity index (χ0v) is 28.7. The van der Waals surface area contributed by atoms with Gasteiger partial charge in [0.25, 0.3) is 0 Å². The van der Waals surface area contributed by atoms with Crippen molar-refractivity contribution in [2.75, 3.05) is 25.1 Å². The molecule has 13 nitrogen and oxygen atoms in total. The maximum atomic E-state index is 13.8. The number of amides is 2. The van der Waals surface area contributed by atoms with Crippen LogP contribution in [-0.4, -0.2) is 109 Å². The van der Waals surface area contributed by atoms with E-state index in [2.05, 4.69) is 10.5 Å². The van der Waals surface area contributed by atoms with Gasteiger partial charge in [0, 0.05) is 24.9 Å². The third kappa shape index (κ3) is 11.7. The number of aliphatic hydroxyl groups is 1. The Morgan fingerprint density at radius 3 is 2.04 bits per heavy atom. The molecule has 0 heterocycles. The Morgan fingerprint density at radius 2 is 1.57 bits per heavy atom. The number of rotatable bonds is 16. The molecule has 15 heteroatoms. The van der Waals surface area contributed by atoms with Crippen LogP contribution in [-0.2, 0) is 31.1 Å². The number of benzene rings is 2. The lowest BCUT2D eigenvalue weighted by atomic mass is 9.98. The van der Waals surface area contributed by atoms with E-state index in [1.165, 1.54) is 24.3 Å². The van der Waals surface area contributed by atoms with Crippen LogP contribution in [0.15, 0.2) is 64.6 Å². The number of nitrogens with one attached hydrogen (secondary N) is 1. The largest absolute Gasteiger partial charge is 0.465 e. The van der Waals surface area contributed by atoms with Gasteiger partial charge in [0.15, 0.2) is 0 Å². The molecule has 0 aliphatic heterocycles. The molecule has 0 aromatic heterocycles. The summed E-state index contributed by atoms with van der Waals surface area (Å²) >= 11 is 0. The van der Waals surface area contributed by atoms with Crippen LogP contribution in [0.3, 0.4) is 0 Å². The van der Waals surface area contributed by atoms with Crippen LogP contribution in [0.5, 0.6) is 0 Å². The van der Waals surface area contributed by atoms with Gasteiger partial charge in [-0.15, -0.1) is 0 Å². The number of aliphatic hydroxyl groups excluding tert-OH is 1. The van der Waals surface area contributed by atoms with E-state index in [1.54, 1.807) is 51.1 Å². The van der Waals surface area contributed by atoms with Crippen molar-refractivity contribution in [3.63, 3.8) is 0 Å². The van der Waals surface area contributed by atoms with Crippen molar-refractivity contribution < 1.29 is 41.8 Å². The topological polar surface area (TPSA) is 194 Å². The van der Waals surface area contributed by atoms with Crippen molar-refractivity contribution in [1.82, 2.24) is 14.5 Å². The second-order valence-corrected chi connectivity index (χ2v) is 16.9.